The Morgan fingerprint density at radius 2 is 1.53 bits per heavy atom. The van der Waals surface area contributed by atoms with Crippen molar-refractivity contribution in [3.63, 3.8) is 0 Å². The van der Waals surface area contributed by atoms with Crippen LogP contribution in [0.25, 0.3) is 0 Å². The molecule has 0 aromatic rings. The topological polar surface area (TPSA) is 88.5 Å². The SMILES string of the molecule is CC(C)(C(O)CCS(C)(=O)=O)S(C)(=O)=O. The minimum absolute atomic E-state index is 0.0705. The number of hydrogen-bond donors (Lipinski definition) is 1. The molecule has 5 nitrogen and oxygen atoms in total. The Bertz CT molecular complexity index is 404. The maximum atomic E-state index is 11.3. The minimum atomic E-state index is -3.41. The predicted molar refractivity (Wildman–Crippen MR) is 59.3 cm³/mol. The van der Waals surface area contributed by atoms with E-state index in [2.05, 4.69) is 0 Å². The zero-order chi connectivity index (χ0) is 12.5. The van der Waals surface area contributed by atoms with Crippen LogP contribution in [0.1, 0.15) is 20.3 Å². The summed E-state index contributed by atoms with van der Waals surface area (Å²) in [5.41, 5.74) is 0. The van der Waals surface area contributed by atoms with Crippen molar-refractivity contribution in [1.82, 2.24) is 0 Å². The average Bonchev–Trinajstić information content (AvgIpc) is 1.96. The van der Waals surface area contributed by atoms with Crippen molar-refractivity contribution in [3.05, 3.63) is 0 Å². The molecule has 0 spiro atoms. The molecule has 0 heterocycles. The van der Waals surface area contributed by atoms with Gasteiger partial charge in [-0.2, -0.15) is 0 Å². The van der Waals surface area contributed by atoms with E-state index in [-0.39, 0.29) is 12.2 Å². The first-order valence-corrected chi connectivity index (χ1v) is 8.38. The lowest BCUT2D eigenvalue weighted by Gasteiger charge is -2.28. The summed E-state index contributed by atoms with van der Waals surface area (Å²) in [5.74, 6) is -0.215. The molecule has 0 aliphatic heterocycles. The van der Waals surface area contributed by atoms with Crippen LogP contribution in [-0.4, -0.2) is 51.1 Å². The molecule has 0 rings (SSSR count). The van der Waals surface area contributed by atoms with Crippen molar-refractivity contribution in [2.75, 3.05) is 18.3 Å². The zero-order valence-corrected chi connectivity index (χ0v) is 11.0. The number of hydrogen-bond acceptors (Lipinski definition) is 5. The van der Waals surface area contributed by atoms with Gasteiger partial charge in [-0.25, -0.2) is 16.8 Å². The Balaban J connectivity index is 4.68. The van der Waals surface area contributed by atoms with E-state index in [1.54, 1.807) is 0 Å². The quantitative estimate of drug-likeness (QED) is 0.725. The molecule has 0 saturated carbocycles. The van der Waals surface area contributed by atoms with Crippen LogP contribution in [0.3, 0.4) is 0 Å². The highest BCUT2D eigenvalue weighted by atomic mass is 32.2. The van der Waals surface area contributed by atoms with Crippen LogP contribution in [0, 0.1) is 0 Å². The molecule has 0 aromatic heterocycles. The van der Waals surface area contributed by atoms with Gasteiger partial charge in [0.05, 0.1) is 16.6 Å². The largest absolute Gasteiger partial charge is 0.391 e. The second-order valence-electron chi connectivity index (χ2n) is 4.31. The summed E-state index contributed by atoms with van der Waals surface area (Å²) in [4.78, 5) is 0. The smallest absolute Gasteiger partial charge is 0.155 e. The zero-order valence-electron chi connectivity index (χ0n) is 9.39. The molecule has 92 valence electrons. The van der Waals surface area contributed by atoms with Crippen LogP contribution in [0.5, 0.6) is 0 Å². The second kappa shape index (κ2) is 4.39. The van der Waals surface area contributed by atoms with Crippen molar-refractivity contribution in [3.8, 4) is 0 Å². The van der Waals surface area contributed by atoms with Gasteiger partial charge in [0.25, 0.3) is 0 Å². The van der Waals surface area contributed by atoms with Gasteiger partial charge in [0.1, 0.15) is 9.84 Å². The molecule has 0 radical (unpaired) electrons. The molecule has 1 unspecified atom stereocenters. The van der Waals surface area contributed by atoms with E-state index in [0.717, 1.165) is 12.5 Å². The first-order chi connectivity index (χ1) is 6.38. The normalized spacial score (nSPS) is 16.3. The van der Waals surface area contributed by atoms with Crippen molar-refractivity contribution in [1.29, 1.82) is 0 Å². The highest BCUT2D eigenvalue weighted by Crippen LogP contribution is 2.22. The van der Waals surface area contributed by atoms with E-state index in [9.17, 15) is 21.9 Å². The molecule has 0 aliphatic carbocycles. The molecular formula is C8H18O5S2. The summed E-state index contributed by atoms with van der Waals surface area (Å²) in [6, 6.07) is 0. The maximum Gasteiger partial charge on any atom is 0.155 e. The summed E-state index contributed by atoms with van der Waals surface area (Å²) in [7, 11) is -6.59. The lowest BCUT2D eigenvalue weighted by Crippen LogP contribution is -2.44. The van der Waals surface area contributed by atoms with Gasteiger partial charge in [0.2, 0.25) is 0 Å². The van der Waals surface area contributed by atoms with E-state index >= 15 is 0 Å². The van der Waals surface area contributed by atoms with E-state index in [1.165, 1.54) is 13.8 Å². The van der Waals surface area contributed by atoms with Gasteiger partial charge in [-0.1, -0.05) is 0 Å². The van der Waals surface area contributed by atoms with Crippen LogP contribution in [0.4, 0.5) is 0 Å². The maximum absolute atomic E-state index is 11.3. The van der Waals surface area contributed by atoms with Crippen molar-refractivity contribution >= 4 is 19.7 Å². The van der Waals surface area contributed by atoms with Crippen LogP contribution >= 0.6 is 0 Å². The number of rotatable bonds is 5. The van der Waals surface area contributed by atoms with E-state index in [0.29, 0.717) is 0 Å². The van der Waals surface area contributed by atoms with Gasteiger partial charge in [0.15, 0.2) is 9.84 Å². The highest BCUT2D eigenvalue weighted by molar-refractivity contribution is 7.92. The van der Waals surface area contributed by atoms with Gasteiger partial charge in [-0.15, -0.1) is 0 Å². The van der Waals surface area contributed by atoms with Gasteiger partial charge < -0.3 is 5.11 Å². The van der Waals surface area contributed by atoms with E-state index in [1.807, 2.05) is 0 Å². The monoisotopic (exact) mass is 258 g/mol. The molecular weight excluding hydrogens is 240 g/mol. The average molecular weight is 258 g/mol. The van der Waals surface area contributed by atoms with Crippen molar-refractivity contribution in [2.45, 2.75) is 31.1 Å². The van der Waals surface area contributed by atoms with Crippen LogP contribution in [0.15, 0.2) is 0 Å². The van der Waals surface area contributed by atoms with Gasteiger partial charge in [-0.3, -0.25) is 0 Å². The fraction of sp³-hybridized carbons (Fsp3) is 1.00. The Labute approximate surface area is 91.3 Å². The fourth-order valence-corrected chi connectivity index (χ4v) is 2.18. The highest BCUT2D eigenvalue weighted by Gasteiger charge is 2.38. The Hall–Kier alpha value is -0.140. The van der Waals surface area contributed by atoms with Gasteiger partial charge in [0, 0.05) is 12.5 Å². The summed E-state index contributed by atoms with van der Waals surface area (Å²) >= 11 is 0. The van der Waals surface area contributed by atoms with E-state index < -0.39 is 30.5 Å². The summed E-state index contributed by atoms with van der Waals surface area (Å²) < 4.78 is 43.0. The van der Waals surface area contributed by atoms with Crippen molar-refractivity contribution in [2.24, 2.45) is 0 Å². The molecule has 0 aromatic carbocycles. The Kier molecular flexibility index (Phi) is 4.35. The molecule has 15 heavy (non-hydrogen) atoms. The second-order valence-corrected chi connectivity index (χ2v) is 9.17. The molecule has 0 fully saturated rings. The van der Waals surface area contributed by atoms with Gasteiger partial charge in [-0.05, 0) is 20.3 Å². The predicted octanol–water partition coefficient (Wildman–Crippen LogP) is -0.395. The molecule has 0 saturated heterocycles. The van der Waals surface area contributed by atoms with Crippen LogP contribution in [-0.2, 0) is 19.7 Å². The Morgan fingerprint density at radius 1 is 1.13 bits per heavy atom. The molecule has 1 N–H and O–H groups in total. The number of aliphatic hydroxyl groups is 1. The molecule has 0 bridgehead atoms. The molecule has 1 atom stereocenters. The van der Waals surface area contributed by atoms with Gasteiger partial charge >= 0.3 is 0 Å². The van der Waals surface area contributed by atoms with E-state index in [4.69, 9.17) is 0 Å². The van der Waals surface area contributed by atoms with Crippen LogP contribution in [0.2, 0.25) is 0 Å². The summed E-state index contributed by atoms with van der Waals surface area (Å²) in [5, 5.41) is 9.63. The first-order valence-electron chi connectivity index (χ1n) is 4.43. The Morgan fingerprint density at radius 3 is 1.80 bits per heavy atom. The number of aliphatic hydroxyl groups excluding tert-OH is 1. The lowest BCUT2D eigenvalue weighted by atomic mass is 10.0. The summed E-state index contributed by atoms with van der Waals surface area (Å²) in [6.07, 6.45) is 0.824. The minimum Gasteiger partial charge on any atom is -0.391 e. The fourth-order valence-electron chi connectivity index (χ4n) is 0.920. The van der Waals surface area contributed by atoms with Crippen molar-refractivity contribution < 1.29 is 21.9 Å². The first kappa shape index (κ1) is 14.9. The summed E-state index contributed by atoms with van der Waals surface area (Å²) in [6.45, 7) is 2.77. The molecule has 7 heteroatoms. The molecule has 0 aliphatic rings. The standard InChI is InChI=1S/C8H18O5S2/c1-8(2,15(4,12)13)7(9)5-6-14(3,10)11/h7,9H,5-6H2,1-4H3. The van der Waals surface area contributed by atoms with Crippen LogP contribution < -0.4 is 0 Å². The third kappa shape index (κ3) is 4.48. The third-order valence-electron chi connectivity index (χ3n) is 2.52. The molecule has 0 amide bonds. The number of sulfone groups is 2. The lowest BCUT2D eigenvalue weighted by molar-refractivity contribution is 0.134. The third-order valence-corrected chi connectivity index (χ3v) is 5.68.